The molecule has 2 aromatic carbocycles. The van der Waals surface area contributed by atoms with Gasteiger partial charge in [0.15, 0.2) is 6.61 Å². The van der Waals surface area contributed by atoms with Crippen LogP contribution in [0.15, 0.2) is 54.6 Å². The fourth-order valence-electron chi connectivity index (χ4n) is 2.15. The predicted molar refractivity (Wildman–Crippen MR) is 90.3 cm³/mol. The minimum atomic E-state index is -0.475. The topological polar surface area (TPSA) is 70.4 Å². The Morgan fingerprint density at radius 2 is 1.75 bits per heavy atom. The van der Waals surface area contributed by atoms with Crippen molar-refractivity contribution in [3.8, 4) is 6.07 Å². The molecule has 0 saturated heterocycles. The van der Waals surface area contributed by atoms with Crippen LogP contribution in [0.3, 0.4) is 0 Å². The first kappa shape index (κ1) is 17.2. The SMILES string of the molecule is Cc1ccc(CC(=O)OCC(=O)N(CC#N)c2ccccc2)cc1. The lowest BCUT2D eigenvalue weighted by Crippen LogP contribution is -2.35. The van der Waals surface area contributed by atoms with Crippen LogP contribution in [0.25, 0.3) is 0 Å². The molecule has 0 saturated carbocycles. The van der Waals surface area contributed by atoms with E-state index in [1.165, 1.54) is 4.90 Å². The van der Waals surface area contributed by atoms with Crippen molar-refractivity contribution in [1.29, 1.82) is 5.26 Å². The maximum Gasteiger partial charge on any atom is 0.310 e. The minimum absolute atomic E-state index is 0.0988. The zero-order valence-electron chi connectivity index (χ0n) is 13.4. The van der Waals surface area contributed by atoms with Crippen molar-refractivity contribution < 1.29 is 14.3 Å². The molecule has 1 amide bonds. The summed E-state index contributed by atoms with van der Waals surface area (Å²) in [5.41, 5.74) is 2.53. The molecule has 2 aromatic rings. The number of anilines is 1. The number of amides is 1. The third kappa shape index (κ3) is 4.96. The van der Waals surface area contributed by atoms with E-state index in [-0.39, 0.29) is 19.6 Å². The highest BCUT2D eigenvalue weighted by atomic mass is 16.5. The second kappa shape index (κ2) is 8.49. The molecule has 0 N–H and O–H groups in total. The normalized spacial score (nSPS) is 9.83. The first-order chi connectivity index (χ1) is 11.6. The number of ether oxygens (including phenoxy) is 1. The average molecular weight is 322 g/mol. The molecule has 0 spiro atoms. The molecule has 0 aliphatic rings. The zero-order valence-corrected chi connectivity index (χ0v) is 13.4. The molecule has 0 aliphatic heterocycles. The van der Waals surface area contributed by atoms with Gasteiger partial charge in [-0.3, -0.25) is 14.5 Å². The lowest BCUT2D eigenvalue weighted by atomic mass is 10.1. The maximum absolute atomic E-state index is 12.2. The van der Waals surface area contributed by atoms with Gasteiger partial charge >= 0.3 is 5.97 Å². The van der Waals surface area contributed by atoms with Crippen LogP contribution in [0.4, 0.5) is 5.69 Å². The first-order valence-corrected chi connectivity index (χ1v) is 7.53. The molecule has 122 valence electrons. The quantitative estimate of drug-likeness (QED) is 0.605. The molecule has 0 aromatic heterocycles. The molecule has 5 heteroatoms. The van der Waals surface area contributed by atoms with Gasteiger partial charge in [0.2, 0.25) is 0 Å². The van der Waals surface area contributed by atoms with Crippen LogP contribution < -0.4 is 4.90 Å². The molecule has 0 radical (unpaired) electrons. The molecule has 0 bridgehead atoms. The van der Waals surface area contributed by atoms with Gasteiger partial charge in [0.05, 0.1) is 12.5 Å². The summed E-state index contributed by atoms with van der Waals surface area (Å²) in [4.78, 5) is 25.4. The predicted octanol–water partition coefficient (Wildman–Crippen LogP) is 2.64. The number of rotatable bonds is 6. The van der Waals surface area contributed by atoms with Gasteiger partial charge in [-0.15, -0.1) is 0 Å². The van der Waals surface area contributed by atoms with Gasteiger partial charge in [-0.05, 0) is 24.6 Å². The number of aryl methyl sites for hydroxylation is 1. The molecular formula is C19H18N2O3. The smallest absolute Gasteiger partial charge is 0.310 e. The average Bonchev–Trinajstić information content (AvgIpc) is 2.60. The molecule has 0 aliphatic carbocycles. The lowest BCUT2D eigenvalue weighted by molar-refractivity contribution is -0.147. The van der Waals surface area contributed by atoms with Crippen LogP contribution >= 0.6 is 0 Å². The van der Waals surface area contributed by atoms with Gasteiger partial charge in [-0.2, -0.15) is 5.26 Å². The zero-order chi connectivity index (χ0) is 17.4. The van der Waals surface area contributed by atoms with Gasteiger partial charge < -0.3 is 4.74 Å². The molecular weight excluding hydrogens is 304 g/mol. The summed E-state index contributed by atoms with van der Waals surface area (Å²) in [5.74, 6) is -0.905. The molecule has 5 nitrogen and oxygen atoms in total. The van der Waals surface area contributed by atoms with Crippen molar-refractivity contribution in [3.63, 3.8) is 0 Å². The minimum Gasteiger partial charge on any atom is -0.455 e. The third-order valence-electron chi connectivity index (χ3n) is 3.42. The van der Waals surface area contributed by atoms with Gasteiger partial charge in [-0.25, -0.2) is 0 Å². The molecule has 24 heavy (non-hydrogen) atoms. The highest BCUT2D eigenvalue weighted by Gasteiger charge is 2.17. The number of esters is 1. The van der Waals surface area contributed by atoms with Crippen LogP contribution in [-0.4, -0.2) is 25.0 Å². The Labute approximate surface area is 141 Å². The lowest BCUT2D eigenvalue weighted by Gasteiger charge is -2.19. The number of carbonyl (C=O) groups excluding carboxylic acids is 2. The molecule has 0 heterocycles. The van der Waals surface area contributed by atoms with Crippen LogP contribution in [0.5, 0.6) is 0 Å². The number of carbonyl (C=O) groups is 2. The van der Waals surface area contributed by atoms with Gasteiger partial charge in [0, 0.05) is 5.69 Å². The molecule has 0 atom stereocenters. The Kier molecular flexibility index (Phi) is 6.09. The summed E-state index contributed by atoms with van der Waals surface area (Å²) in [7, 11) is 0. The van der Waals surface area contributed by atoms with Crippen LogP contribution in [-0.2, 0) is 20.7 Å². The van der Waals surface area contributed by atoms with E-state index in [1.54, 1.807) is 24.3 Å². The van der Waals surface area contributed by atoms with Crippen molar-refractivity contribution in [3.05, 3.63) is 65.7 Å². The fourth-order valence-corrected chi connectivity index (χ4v) is 2.15. The highest BCUT2D eigenvalue weighted by molar-refractivity contribution is 5.95. The molecule has 2 rings (SSSR count). The molecule has 0 unspecified atom stereocenters. The number of benzene rings is 2. The summed E-state index contributed by atoms with van der Waals surface area (Å²) in [6, 6.07) is 18.3. The Balaban J connectivity index is 1.91. The summed E-state index contributed by atoms with van der Waals surface area (Å²) in [6.07, 6.45) is 0.108. The highest BCUT2D eigenvalue weighted by Crippen LogP contribution is 2.13. The Hall–Kier alpha value is -3.13. The maximum atomic E-state index is 12.2. The summed E-state index contributed by atoms with van der Waals surface area (Å²) in [5, 5.41) is 8.89. The number of hydrogen-bond acceptors (Lipinski definition) is 4. The second-order valence-corrected chi connectivity index (χ2v) is 5.30. The summed E-state index contributed by atoms with van der Waals surface area (Å²) in [6.45, 7) is 1.48. The Morgan fingerprint density at radius 1 is 1.08 bits per heavy atom. The monoisotopic (exact) mass is 322 g/mol. The van der Waals surface area contributed by atoms with Crippen LogP contribution in [0.2, 0.25) is 0 Å². The summed E-state index contributed by atoms with van der Waals surface area (Å²) < 4.78 is 5.05. The van der Waals surface area contributed by atoms with Gasteiger partial charge in [0.25, 0.3) is 5.91 Å². The van der Waals surface area contributed by atoms with Crippen molar-refractivity contribution in [2.75, 3.05) is 18.1 Å². The van der Waals surface area contributed by atoms with Crippen LogP contribution in [0, 0.1) is 18.3 Å². The number of para-hydroxylation sites is 1. The molecule has 0 fully saturated rings. The van der Waals surface area contributed by atoms with Crippen molar-refractivity contribution in [2.24, 2.45) is 0 Å². The van der Waals surface area contributed by atoms with E-state index in [1.807, 2.05) is 43.3 Å². The van der Waals surface area contributed by atoms with E-state index >= 15 is 0 Å². The van der Waals surface area contributed by atoms with Crippen molar-refractivity contribution in [1.82, 2.24) is 0 Å². The van der Waals surface area contributed by atoms with Crippen LogP contribution in [0.1, 0.15) is 11.1 Å². The number of hydrogen-bond donors (Lipinski definition) is 0. The Bertz CT molecular complexity index is 733. The second-order valence-electron chi connectivity index (χ2n) is 5.30. The number of nitrogens with zero attached hydrogens (tertiary/aromatic N) is 2. The van der Waals surface area contributed by atoms with E-state index in [4.69, 9.17) is 10.00 Å². The van der Waals surface area contributed by atoms with E-state index in [9.17, 15) is 9.59 Å². The number of nitriles is 1. The van der Waals surface area contributed by atoms with Crippen molar-refractivity contribution in [2.45, 2.75) is 13.3 Å². The van der Waals surface area contributed by atoms with E-state index < -0.39 is 11.9 Å². The van der Waals surface area contributed by atoms with Gasteiger partial charge in [0.1, 0.15) is 6.54 Å². The van der Waals surface area contributed by atoms with Crippen molar-refractivity contribution >= 4 is 17.6 Å². The fraction of sp³-hybridized carbons (Fsp3) is 0.211. The summed E-state index contributed by atoms with van der Waals surface area (Å²) >= 11 is 0. The standard InChI is InChI=1S/C19H18N2O3/c1-15-7-9-16(10-8-15)13-19(23)24-14-18(22)21(12-11-20)17-5-3-2-4-6-17/h2-10H,12-14H2,1H3. The van der Waals surface area contributed by atoms with Gasteiger partial charge in [-0.1, -0.05) is 48.0 Å². The Morgan fingerprint density at radius 3 is 2.38 bits per heavy atom. The van der Waals surface area contributed by atoms with E-state index in [2.05, 4.69) is 0 Å². The van der Waals surface area contributed by atoms with E-state index in [0.29, 0.717) is 5.69 Å². The third-order valence-corrected chi connectivity index (χ3v) is 3.42. The van der Waals surface area contributed by atoms with E-state index in [0.717, 1.165) is 11.1 Å². The largest absolute Gasteiger partial charge is 0.455 e. The first-order valence-electron chi connectivity index (χ1n) is 7.53.